The second-order valence-corrected chi connectivity index (χ2v) is 5.68. The molecule has 0 aliphatic rings. The van der Waals surface area contributed by atoms with Gasteiger partial charge in [0.25, 0.3) is 0 Å². The Kier molecular flexibility index (Phi) is 4.44. The molecule has 0 saturated carbocycles. The lowest BCUT2D eigenvalue weighted by molar-refractivity contribution is 0.0697. The van der Waals surface area contributed by atoms with Crippen LogP contribution in [0.5, 0.6) is 0 Å². The van der Waals surface area contributed by atoms with E-state index in [9.17, 15) is 4.79 Å². The van der Waals surface area contributed by atoms with E-state index in [-0.39, 0.29) is 5.56 Å². The van der Waals surface area contributed by atoms with Crippen LogP contribution in [0, 0.1) is 6.92 Å². The van der Waals surface area contributed by atoms with Crippen LogP contribution in [0.1, 0.15) is 21.5 Å². The molecule has 6 heteroatoms. The van der Waals surface area contributed by atoms with Gasteiger partial charge in [-0.3, -0.25) is 5.43 Å². The van der Waals surface area contributed by atoms with E-state index in [1.54, 1.807) is 18.3 Å². The van der Waals surface area contributed by atoms with Crippen molar-refractivity contribution in [2.45, 2.75) is 6.92 Å². The van der Waals surface area contributed by atoms with Gasteiger partial charge in [0.05, 0.1) is 23.0 Å². The predicted molar refractivity (Wildman–Crippen MR) is 96.1 cm³/mol. The van der Waals surface area contributed by atoms with E-state index in [4.69, 9.17) is 16.7 Å². The summed E-state index contributed by atoms with van der Waals surface area (Å²) in [6, 6.07) is 14.2. The predicted octanol–water partition coefficient (Wildman–Crippen LogP) is 4.34. The zero-order valence-electron chi connectivity index (χ0n) is 12.8. The van der Waals surface area contributed by atoms with Crippen molar-refractivity contribution in [3.63, 3.8) is 0 Å². The van der Waals surface area contributed by atoms with Crippen LogP contribution in [0.25, 0.3) is 10.9 Å². The number of carboxylic acid groups (broad SMARTS) is 1. The second-order valence-electron chi connectivity index (χ2n) is 5.32. The number of benzene rings is 2. The maximum absolute atomic E-state index is 10.8. The highest BCUT2D eigenvalue weighted by Crippen LogP contribution is 2.20. The summed E-state index contributed by atoms with van der Waals surface area (Å²) in [5, 5.41) is 14.4. The van der Waals surface area contributed by atoms with Gasteiger partial charge in [-0.1, -0.05) is 23.2 Å². The summed E-state index contributed by atoms with van der Waals surface area (Å²) in [5.74, 6) is -0.964. The monoisotopic (exact) mass is 339 g/mol. The highest BCUT2D eigenvalue weighted by molar-refractivity contribution is 6.32. The SMILES string of the molecule is Cc1ccc2nc(Cl)c(/C=N/Nc3ccc(C(=O)O)cc3)cc2c1. The maximum atomic E-state index is 10.8. The van der Waals surface area contributed by atoms with Crippen LogP contribution >= 0.6 is 11.6 Å². The Labute approximate surface area is 143 Å². The molecular formula is C18H14ClN3O2. The Morgan fingerprint density at radius 1 is 1.21 bits per heavy atom. The first-order chi connectivity index (χ1) is 11.5. The van der Waals surface area contributed by atoms with E-state index in [1.807, 2.05) is 31.2 Å². The van der Waals surface area contributed by atoms with Crippen LogP contribution in [0.15, 0.2) is 53.6 Å². The number of fused-ring (bicyclic) bond motifs is 1. The number of nitrogens with zero attached hydrogens (tertiary/aromatic N) is 2. The number of rotatable bonds is 4. The van der Waals surface area contributed by atoms with Gasteiger partial charge in [0.2, 0.25) is 0 Å². The quantitative estimate of drug-likeness (QED) is 0.421. The van der Waals surface area contributed by atoms with Crippen molar-refractivity contribution in [1.29, 1.82) is 0 Å². The number of carbonyl (C=O) groups is 1. The van der Waals surface area contributed by atoms with Gasteiger partial charge in [0.15, 0.2) is 0 Å². The lowest BCUT2D eigenvalue weighted by Gasteiger charge is -2.04. The van der Waals surface area contributed by atoms with Crippen LogP contribution < -0.4 is 5.43 Å². The molecule has 0 spiro atoms. The van der Waals surface area contributed by atoms with Gasteiger partial charge in [0, 0.05) is 10.9 Å². The third-order valence-corrected chi connectivity index (χ3v) is 3.78. The largest absolute Gasteiger partial charge is 0.478 e. The van der Waals surface area contributed by atoms with Crippen molar-refractivity contribution in [3.05, 3.63) is 70.4 Å². The molecule has 120 valence electrons. The molecule has 1 aromatic heterocycles. The number of aromatic carboxylic acids is 1. The molecule has 5 nitrogen and oxygen atoms in total. The van der Waals surface area contributed by atoms with E-state index in [1.165, 1.54) is 12.1 Å². The van der Waals surface area contributed by atoms with Gasteiger partial charge in [0.1, 0.15) is 5.15 Å². The number of aromatic nitrogens is 1. The number of hydrogen-bond acceptors (Lipinski definition) is 4. The van der Waals surface area contributed by atoms with Gasteiger partial charge in [-0.2, -0.15) is 5.10 Å². The molecule has 0 fully saturated rings. The van der Waals surface area contributed by atoms with Crippen LogP contribution in [0.4, 0.5) is 5.69 Å². The van der Waals surface area contributed by atoms with Gasteiger partial charge >= 0.3 is 5.97 Å². The first kappa shape index (κ1) is 16.0. The summed E-state index contributed by atoms with van der Waals surface area (Å²) in [6.45, 7) is 2.02. The van der Waals surface area contributed by atoms with E-state index < -0.39 is 5.97 Å². The molecule has 0 aliphatic carbocycles. The average molecular weight is 340 g/mol. The molecule has 0 radical (unpaired) electrons. The molecule has 0 atom stereocenters. The smallest absolute Gasteiger partial charge is 0.335 e. The number of hydrogen-bond donors (Lipinski definition) is 2. The molecule has 3 aromatic rings. The summed E-state index contributed by atoms with van der Waals surface area (Å²) in [4.78, 5) is 15.2. The van der Waals surface area contributed by atoms with Gasteiger partial charge in [-0.05, 0) is 49.4 Å². The van der Waals surface area contributed by atoms with Crippen molar-refractivity contribution in [2.24, 2.45) is 5.10 Å². The fraction of sp³-hybridized carbons (Fsp3) is 0.0556. The summed E-state index contributed by atoms with van der Waals surface area (Å²) >= 11 is 6.18. The van der Waals surface area contributed by atoms with E-state index in [0.29, 0.717) is 16.4 Å². The van der Waals surface area contributed by atoms with Crippen molar-refractivity contribution in [1.82, 2.24) is 4.98 Å². The fourth-order valence-electron chi connectivity index (χ4n) is 2.24. The number of carboxylic acids is 1. The minimum atomic E-state index is -0.964. The molecule has 0 saturated heterocycles. The molecule has 0 bridgehead atoms. The van der Waals surface area contributed by atoms with E-state index >= 15 is 0 Å². The highest BCUT2D eigenvalue weighted by atomic mass is 35.5. The molecule has 0 aliphatic heterocycles. The fourth-order valence-corrected chi connectivity index (χ4v) is 2.44. The summed E-state index contributed by atoms with van der Waals surface area (Å²) in [7, 11) is 0. The Morgan fingerprint density at radius 3 is 2.67 bits per heavy atom. The van der Waals surface area contributed by atoms with Crippen LogP contribution in [-0.2, 0) is 0 Å². The lowest BCUT2D eigenvalue weighted by atomic mass is 10.1. The van der Waals surface area contributed by atoms with Gasteiger partial charge < -0.3 is 5.11 Å². The number of halogens is 1. The maximum Gasteiger partial charge on any atom is 0.335 e. The molecular weight excluding hydrogens is 326 g/mol. The Hall–Kier alpha value is -2.92. The highest BCUT2D eigenvalue weighted by Gasteiger charge is 2.04. The molecule has 2 N–H and O–H groups in total. The van der Waals surface area contributed by atoms with Crippen LogP contribution in [0.2, 0.25) is 5.15 Å². The summed E-state index contributed by atoms with van der Waals surface area (Å²) in [5.41, 5.74) is 6.41. The van der Waals surface area contributed by atoms with Crippen molar-refractivity contribution < 1.29 is 9.90 Å². The molecule has 1 heterocycles. The van der Waals surface area contributed by atoms with E-state index in [0.717, 1.165) is 16.5 Å². The van der Waals surface area contributed by atoms with Crippen LogP contribution in [-0.4, -0.2) is 22.3 Å². The zero-order valence-corrected chi connectivity index (χ0v) is 13.6. The zero-order chi connectivity index (χ0) is 17.1. The molecule has 2 aromatic carbocycles. The molecule has 0 amide bonds. The van der Waals surface area contributed by atoms with E-state index in [2.05, 4.69) is 15.5 Å². The normalized spacial score (nSPS) is 11.1. The van der Waals surface area contributed by atoms with Gasteiger partial charge in [-0.15, -0.1) is 0 Å². The second kappa shape index (κ2) is 6.68. The average Bonchev–Trinajstić information content (AvgIpc) is 2.56. The topological polar surface area (TPSA) is 74.6 Å². The lowest BCUT2D eigenvalue weighted by Crippen LogP contribution is -1.97. The van der Waals surface area contributed by atoms with Crippen molar-refractivity contribution in [2.75, 3.05) is 5.43 Å². The third kappa shape index (κ3) is 3.52. The number of anilines is 1. The molecule has 0 unspecified atom stereocenters. The first-order valence-electron chi connectivity index (χ1n) is 7.22. The Morgan fingerprint density at radius 2 is 1.96 bits per heavy atom. The summed E-state index contributed by atoms with van der Waals surface area (Å²) in [6.07, 6.45) is 1.59. The standard InChI is InChI=1S/C18H14ClN3O2/c1-11-2-7-16-13(8-11)9-14(17(19)21-16)10-20-22-15-5-3-12(4-6-15)18(23)24/h2-10,22H,1H3,(H,23,24)/b20-10+. The number of pyridine rings is 1. The number of hydrazone groups is 1. The number of nitrogens with one attached hydrogen (secondary N) is 1. The minimum Gasteiger partial charge on any atom is -0.478 e. The Balaban J connectivity index is 1.79. The molecule has 3 rings (SSSR count). The summed E-state index contributed by atoms with van der Waals surface area (Å²) < 4.78 is 0. The third-order valence-electron chi connectivity index (χ3n) is 3.48. The van der Waals surface area contributed by atoms with Crippen LogP contribution in [0.3, 0.4) is 0 Å². The molecule has 24 heavy (non-hydrogen) atoms. The minimum absolute atomic E-state index is 0.224. The van der Waals surface area contributed by atoms with Crippen molar-refractivity contribution >= 4 is 40.4 Å². The number of aryl methyl sites for hydroxylation is 1. The van der Waals surface area contributed by atoms with Crippen molar-refractivity contribution in [3.8, 4) is 0 Å². The first-order valence-corrected chi connectivity index (χ1v) is 7.60. The van der Waals surface area contributed by atoms with Gasteiger partial charge in [-0.25, -0.2) is 9.78 Å². The Bertz CT molecular complexity index is 937.